The molecule has 0 spiro atoms. The van der Waals surface area contributed by atoms with Gasteiger partial charge in [0, 0.05) is 37.3 Å². The Hall–Kier alpha value is -4.67. The highest BCUT2D eigenvalue weighted by Gasteiger charge is 2.57. The Morgan fingerprint density at radius 1 is 0.978 bits per heavy atom. The summed E-state index contributed by atoms with van der Waals surface area (Å²) in [6.07, 6.45) is -0.143. The molecule has 11 nitrogen and oxygen atoms in total. The number of anilines is 2. The molecule has 0 radical (unpaired) electrons. The van der Waals surface area contributed by atoms with Crippen LogP contribution < -0.4 is 20.1 Å². The number of nitrogens with one attached hydrogen (secondary N) is 2. The number of likely N-dealkylation sites (N-methyl/N-ethyl adjacent to an activating group) is 1. The van der Waals surface area contributed by atoms with Gasteiger partial charge in [-0.25, -0.2) is 0 Å². The topological polar surface area (TPSA) is 141 Å². The average molecular weight is 660 g/mol. The van der Waals surface area contributed by atoms with Gasteiger partial charge in [-0.2, -0.15) is 5.26 Å². The molecule has 2 unspecified atom stereocenters. The second-order valence-corrected chi connectivity index (χ2v) is 13.3. The lowest BCUT2D eigenvalue weighted by molar-refractivity contribution is -0.145. The summed E-state index contributed by atoms with van der Waals surface area (Å²) in [5, 5.41) is 13.6. The molecule has 46 heavy (non-hydrogen) atoms. The summed E-state index contributed by atoms with van der Waals surface area (Å²) in [5.41, 5.74) is 1.70. The number of rotatable bonds is 8. The van der Waals surface area contributed by atoms with Crippen molar-refractivity contribution in [2.24, 2.45) is 11.8 Å². The maximum atomic E-state index is 14.8. The van der Waals surface area contributed by atoms with Gasteiger partial charge in [-0.3, -0.25) is 19.2 Å². The summed E-state index contributed by atoms with van der Waals surface area (Å²) in [6, 6.07) is 25.0. The van der Waals surface area contributed by atoms with E-state index in [2.05, 4.69) is 16.7 Å². The molecule has 238 valence electrons. The van der Waals surface area contributed by atoms with Crippen LogP contribution >= 0.6 is 23.5 Å². The van der Waals surface area contributed by atoms with E-state index in [0.717, 1.165) is 11.8 Å². The van der Waals surface area contributed by atoms with Gasteiger partial charge in [0.15, 0.2) is 16.4 Å². The predicted octanol–water partition coefficient (Wildman–Crippen LogP) is 6.35. The lowest BCUT2D eigenvalue weighted by Crippen LogP contribution is -2.58. The number of carbonyl (C=O) groups excluding carboxylic acids is 4. The van der Waals surface area contributed by atoms with E-state index in [1.54, 1.807) is 80.6 Å². The van der Waals surface area contributed by atoms with Gasteiger partial charge in [-0.15, -0.1) is 0 Å². The standard InChI is InChI=1S/C33H33N5O6S2/c1-21(18-34)17-33(46-32(42)36-25-12-8-5-9-13-25)30(40)37(3)29(45-31(41)35-24-10-6-4-7-11-24)22(2)28(39)38(33)19-23-14-15-26-27(16-23)44-20-43-26/h4-16,21-22,29H,17,19-20H2,1-3H3,(H,35,41)(H,36,42)/t21?,22-,29+,33?/m1/s1. The quantitative estimate of drug-likeness (QED) is 0.283. The van der Waals surface area contributed by atoms with Crippen LogP contribution in [-0.2, 0) is 16.1 Å². The van der Waals surface area contributed by atoms with E-state index in [4.69, 9.17) is 9.47 Å². The first-order valence-electron chi connectivity index (χ1n) is 14.6. The molecule has 0 aliphatic carbocycles. The number of amides is 4. The van der Waals surface area contributed by atoms with Crippen molar-refractivity contribution >= 4 is 57.2 Å². The van der Waals surface area contributed by atoms with Crippen LogP contribution in [0.25, 0.3) is 0 Å². The van der Waals surface area contributed by atoms with Crippen LogP contribution in [0.1, 0.15) is 25.8 Å². The molecular weight excluding hydrogens is 627 g/mol. The zero-order valence-corrected chi connectivity index (χ0v) is 27.1. The van der Waals surface area contributed by atoms with E-state index in [-0.39, 0.29) is 19.8 Å². The van der Waals surface area contributed by atoms with E-state index in [1.807, 2.05) is 12.1 Å². The molecule has 1 fully saturated rings. The van der Waals surface area contributed by atoms with Crippen molar-refractivity contribution in [1.29, 1.82) is 5.26 Å². The molecule has 1 saturated heterocycles. The van der Waals surface area contributed by atoms with Gasteiger partial charge in [0.1, 0.15) is 0 Å². The summed E-state index contributed by atoms with van der Waals surface area (Å²) < 4.78 is 11.0. The van der Waals surface area contributed by atoms with Gasteiger partial charge in [0.25, 0.3) is 16.4 Å². The van der Waals surface area contributed by atoms with E-state index in [1.165, 1.54) is 16.8 Å². The highest BCUT2D eigenvalue weighted by molar-refractivity contribution is 8.15. The Labute approximate surface area is 275 Å². The number of nitriles is 1. The molecular formula is C33H33N5O6S2. The molecule has 0 aromatic heterocycles. The fourth-order valence-electron chi connectivity index (χ4n) is 5.39. The predicted molar refractivity (Wildman–Crippen MR) is 177 cm³/mol. The van der Waals surface area contributed by atoms with Gasteiger partial charge < -0.3 is 29.9 Å². The number of para-hydroxylation sites is 2. The summed E-state index contributed by atoms with van der Waals surface area (Å²) in [7, 11) is 1.52. The van der Waals surface area contributed by atoms with Gasteiger partial charge in [-0.05, 0) is 72.4 Å². The van der Waals surface area contributed by atoms with E-state index in [0.29, 0.717) is 40.2 Å². The number of benzene rings is 3. The number of fused-ring (bicyclic) bond motifs is 1. The first-order chi connectivity index (χ1) is 22.1. The van der Waals surface area contributed by atoms with E-state index in [9.17, 15) is 24.4 Å². The van der Waals surface area contributed by atoms with Crippen molar-refractivity contribution in [3.8, 4) is 17.6 Å². The Balaban J connectivity index is 1.55. The first kappa shape index (κ1) is 32.7. The molecule has 13 heteroatoms. The van der Waals surface area contributed by atoms with Crippen LogP contribution in [0, 0.1) is 23.2 Å². The number of hydrogen-bond acceptors (Lipinski definition) is 9. The zero-order chi connectivity index (χ0) is 32.8. The lowest BCUT2D eigenvalue weighted by atomic mass is 9.98. The van der Waals surface area contributed by atoms with Crippen molar-refractivity contribution in [2.75, 3.05) is 24.5 Å². The fourth-order valence-corrected chi connectivity index (χ4v) is 7.67. The minimum Gasteiger partial charge on any atom is -0.454 e. The summed E-state index contributed by atoms with van der Waals surface area (Å²) >= 11 is 1.48. The van der Waals surface area contributed by atoms with Crippen LogP contribution in [0.2, 0.25) is 0 Å². The summed E-state index contributed by atoms with van der Waals surface area (Å²) in [6.45, 7) is 3.29. The minimum absolute atomic E-state index is 0.0603. The molecule has 2 N–H and O–H groups in total. The Kier molecular flexibility index (Phi) is 10.1. The average Bonchev–Trinajstić information content (AvgIpc) is 3.52. The third-order valence-electron chi connectivity index (χ3n) is 7.67. The number of thioether (sulfide) groups is 2. The molecule has 3 aromatic rings. The molecule has 4 atom stereocenters. The molecule has 3 aromatic carbocycles. The highest BCUT2D eigenvalue weighted by Crippen LogP contribution is 2.45. The molecule has 0 saturated carbocycles. The van der Waals surface area contributed by atoms with Crippen LogP contribution in [-0.4, -0.2) is 56.2 Å². The van der Waals surface area contributed by atoms with Crippen LogP contribution in [0.5, 0.6) is 11.5 Å². The Bertz CT molecular complexity index is 1650. The number of nitrogens with zero attached hydrogens (tertiary/aromatic N) is 3. The van der Waals surface area contributed by atoms with Gasteiger partial charge >= 0.3 is 0 Å². The SMILES string of the molecule is CC(C#N)CC1(SC(=O)Nc2ccccc2)C(=O)N(C)[C@@H](SC(=O)Nc2ccccc2)[C@H](C)C(=O)N1Cc1ccc2c(c1)OCO2. The van der Waals surface area contributed by atoms with E-state index < -0.39 is 44.4 Å². The molecule has 5 rings (SSSR count). The first-order valence-corrected chi connectivity index (χ1v) is 16.3. The Morgan fingerprint density at radius 3 is 2.22 bits per heavy atom. The third-order valence-corrected chi connectivity index (χ3v) is 10.1. The molecule has 0 bridgehead atoms. The largest absolute Gasteiger partial charge is 0.454 e. The summed E-state index contributed by atoms with van der Waals surface area (Å²) in [4.78, 5) is 57.1. The second-order valence-electron chi connectivity index (χ2n) is 11.0. The lowest BCUT2D eigenvalue weighted by Gasteiger charge is -2.42. The summed E-state index contributed by atoms with van der Waals surface area (Å²) in [5.74, 6) is -1.57. The third kappa shape index (κ3) is 7.08. The second kappa shape index (κ2) is 14.2. The molecule has 4 amide bonds. The molecule has 2 aliphatic rings. The van der Waals surface area contributed by atoms with E-state index >= 15 is 0 Å². The minimum atomic E-state index is -1.84. The van der Waals surface area contributed by atoms with Crippen molar-refractivity contribution in [3.63, 3.8) is 0 Å². The van der Waals surface area contributed by atoms with Crippen LogP contribution in [0.15, 0.2) is 78.9 Å². The Morgan fingerprint density at radius 2 is 1.59 bits per heavy atom. The van der Waals surface area contributed by atoms with Crippen molar-refractivity contribution in [1.82, 2.24) is 9.80 Å². The van der Waals surface area contributed by atoms with Crippen molar-refractivity contribution in [2.45, 2.75) is 37.1 Å². The number of ether oxygens (including phenoxy) is 2. The molecule has 2 aliphatic heterocycles. The van der Waals surface area contributed by atoms with Gasteiger partial charge in [-0.1, -0.05) is 49.4 Å². The maximum absolute atomic E-state index is 14.8. The highest BCUT2D eigenvalue weighted by atomic mass is 32.2. The smallest absolute Gasteiger partial charge is 0.286 e. The zero-order valence-electron chi connectivity index (χ0n) is 25.5. The number of hydrogen-bond donors (Lipinski definition) is 2. The van der Waals surface area contributed by atoms with Crippen molar-refractivity contribution in [3.05, 3.63) is 84.4 Å². The normalized spacial score (nSPS) is 21.3. The van der Waals surface area contributed by atoms with Crippen LogP contribution in [0.3, 0.4) is 0 Å². The maximum Gasteiger partial charge on any atom is 0.286 e. The van der Waals surface area contributed by atoms with Gasteiger partial charge in [0.05, 0.1) is 17.4 Å². The molecule has 2 heterocycles. The fraction of sp³-hybridized carbons (Fsp3) is 0.303. The monoisotopic (exact) mass is 659 g/mol. The van der Waals surface area contributed by atoms with Crippen LogP contribution in [0.4, 0.5) is 21.0 Å². The van der Waals surface area contributed by atoms with Gasteiger partial charge in [0.2, 0.25) is 12.7 Å². The number of carbonyl (C=O) groups is 4. The van der Waals surface area contributed by atoms with Crippen molar-refractivity contribution < 1.29 is 28.7 Å².